The number of carboxylic acids is 1. The largest absolute Gasteiger partial charge is 0.480 e. The number of halogens is 2. The van der Waals surface area contributed by atoms with Crippen molar-refractivity contribution in [3.63, 3.8) is 0 Å². The number of anilines is 2. The van der Waals surface area contributed by atoms with E-state index < -0.39 is 45.8 Å². The first kappa shape index (κ1) is 38.4. The van der Waals surface area contributed by atoms with Gasteiger partial charge in [0, 0.05) is 34.7 Å². The molecule has 0 spiro atoms. The van der Waals surface area contributed by atoms with Crippen molar-refractivity contribution in [3.8, 4) is 5.82 Å². The smallest absolute Gasteiger partial charge is 0.416 e. The Kier molecular flexibility index (Phi) is 11.7. The number of fused-ring (bicyclic) bond motifs is 1. The second-order valence-corrected chi connectivity index (χ2v) is 15.8. The first-order valence-corrected chi connectivity index (χ1v) is 17.5. The molecule has 0 unspecified atom stereocenters. The SMILES string of the molecule is CC(C)(C)OC(=O)CNCCN(C(=O)OC(C)(C)C)c1ccc(-n2ccc3cc(N(CC(=O)O)S(=O)(=O)c4cc(Cl)cc(Cl)c4)ccc32)nn1. The Morgan fingerprint density at radius 2 is 1.56 bits per heavy atom. The van der Waals surface area contributed by atoms with Crippen LogP contribution in [0.4, 0.5) is 16.3 Å². The van der Waals surface area contributed by atoms with Crippen LogP contribution in [0.15, 0.2) is 65.7 Å². The highest BCUT2D eigenvalue weighted by Gasteiger charge is 2.29. The Balaban J connectivity index is 1.59. The molecule has 4 rings (SSSR count). The number of ether oxygens (including phenoxy) is 2. The second kappa shape index (κ2) is 15.2. The van der Waals surface area contributed by atoms with E-state index in [2.05, 4.69) is 15.5 Å². The van der Waals surface area contributed by atoms with Crippen LogP contribution in [0.2, 0.25) is 10.0 Å². The van der Waals surface area contributed by atoms with E-state index in [4.69, 9.17) is 32.7 Å². The molecule has 0 aliphatic rings. The topological polar surface area (TPSA) is 173 Å². The van der Waals surface area contributed by atoms with Gasteiger partial charge in [-0.05, 0) is 96.1 Å². The van der Waals surface area contributed by atoms with Crippen molar-refractivity contribution in [3.05, 3.63) is 70.8 Å². The lowest BCUT2D eigenvalue weighted by molar-refractivity contribution is -0.153. The highest BCUT2D eigenvalue weighted by molar-refractivity contribution is 7.92. The maximum Gasteiger partial charge on any atom is 0.416 e. The molecule has 2 heterocycles. The molecular weight excluding hydrogens is 711 g/mol. The maximum atomic E-state index is 13.6. The third-order valence-corrected chi connectivity index (χ3v) is 8.83. The van der Waals surface area contributed by atoms with Gasteiger partial charge in [-0.15, -0.1) is 10.2 Å². The number of carbonyl (C=O) groups excluding carboxylic acids is 2. The summed E-state index contributed by atoms with van der Waals surface area (Å²) in [5.74, 6) is -1.21. The maximum absolute atomic E-state index is 13.6. The van der Waals surface area contributed by atoms with Crippen LogP contribution in [-0.2, 0) is 29.1 Å². The quantitative estimate of drug-likeness (QED) is 0.135. The molecule has 268 valence electrons. The molecule has 0 saturated carbocycles. The fraction of sp³-hybridized carbons (Fsp3) is 0.364. The minimum atomic E-state index is -4.38. The summed E-state index contributed by atoms with van der Waals surface area (Å²) in [5.41, 5.74) is -0.691. The minimum Gasteiger partial charge on any atom is -0.480 e. The van der Waals surface area contributed by atoms with E-state index in [0.717, 1.165) is 4.31 Å². The summed E-state index contributed by atoms with van der Waals surface area (Å²) in [6, 6.07) is 13.3. The molecule has 50 heavy (non-hydrogen) atoms. The number of benzene rings is 2. The number of carbonyl (C=O) groups is 3. The van der Waals surface area contributed by atoms with Gasteiger partial charge in [-0.3, -0.25) is 23.4 Å². The fourth-order valence-electron chi connectivity index (χ4n) is 4.69. The molecule has 1 amide bonds. The number of hydrogen-bond acceptors (Lipinski definition) is 10. The molecule has 14 nitrogen and oxygen atoms in total. The van der Waals surface area contributed by atoms with Crippen molar-refractivity contribution in [2.75, 3.05) is 35.4 Å². The first-order chi connectivity index (χ1) is 23.2. The minimum absolute atomic E-state index is 0.0541. The standard InChI is InChI=1S/C33H38Cl2N6O8S/c1-32(2,3)48-30(44)19-36-12-14-40(31(45)49-33(4,5)6)28-10-9-27(37-38-28)39-13-11-21-15-24(7-8-26(21)39)41(20-29(42)43)50(46,47)25-17-22(34)16-23(35)18-25/h7-11,13,15-18,36H,12,14,19-20H2,1-6H3,(H,42,43). The number of nitrogens with one attached hydrogen (secondary N) is 1. The highest BCUT2D eigenvalue weighted by Crippen LogP contribution is 2.31. The molecule has 2 N–H and O–H groups in total. The Morgan fingerprint density at radius 3 is 2.14 bits per heavy atom. The van der Waals surface area contributed by atoms with Crippen LogP contribution >= 0.6 is 23.2 Å². The summed E-state index contributed by atoms with van der Waals surface area (Å²) >= 11 is 12.1. The fourth-order valence-corrected chi connectivity index (χ4v) is 6.83. The number of esters is 1. The Labute approximate surface area is 299 Å². The predicted molar refractivity (Wildman–Crippen MR) is 190 cm³/mol. The van der Waals surface area contributed by atoms with Crippen LogP contribution in [0.5, 0.6) is 0 Å². The summed E-state index contributed by atoms with van der Waals surface area (Å²) < 4.78 is 40.5. The van der Waals surface area contributed by atoms with Crippen molar-refractivity contribution in [1.29, 1.82) is 0 Å². The lowest BCUT2D eigenvalue weighted by Gasteiger charge is -2.26. The zero-order chi connectivity index (χ0) is 37.0. The van der Waals surface area contributed by atoms with Gasteiger partial charge in [0.25, 0.3) is 10.0 Å². The van der Waals surface area contributed by atoms with Gasteiger partial charge < -0.3 is 19.9 Å². The number of amides is 1. The zero-order valence-corrected chi connectivity index (χ0v) is 30.6. The van der Waals surface area contributed by atoms with Gasteiger partial charge in [0.2, 0.25) is 0 Å². The normalized spacial score (nSPS) is 12.1. The van der Waals surface area contributed by atoms with Gasteiger partial charge >= 0.3 is 18.0 Å². The number of aromatic nitrogens is 3. The van der Waals surface area contributed by atoms with Gasteiger partial charge in [-0.25, -0.2) is 13.2 Å². The molecule has 0 aliphatic heterocycles. The van der Waals surface area contributed by atoms with Crippen LogP contribution in [0.1, 0.15) is 41.5 Å². The molecule has 0 fully saturated rings. The van der Waals surface area contributed by atoms with Crippen LogP contribution in [0.3, 0.4) is 0 Å². The van der Waals surface area contributed by atoms with Gasteiger partial charge in [0.1, 0.15) is 17.7 Å². The number of nitrogens with zero attached hydrogens (tertiary/aromatic N) is 5. The van der Waals surface area contributed by atoms with Crippen LogP contribution < -0.4 is 14.5 Å². The summed E-state index contributed by atoms with van der Waals surface area (Å²) in [6.07, 6.45) is 1.04. The molecule has 2 aromatic carbocycles. The van der Waals surface area contributed by atoms with E-state index in [1.165, 1.54) is 35.2 Å². The monoisotopic (exact) mass is 748 g/mol. The number of hydrogen-bond donors (Lipinski definition) is 2. The first-order valence-electron chi connectivity index (χ1n) is 15.3. The van der Waals surface area contributed by atoms with Gasteiger partial charge in [0.15, 0.2) is 11.6 Å². The molecule has 0 atom stereocenters. The molecular formula is C33H38Cl2N6O8S. The lowest BCUT2D eigenvalue weighted by atomic mass is 10.2. The number of aliphatic carboxylic acids is 1. The Bertz CT molecular complexity index is 1970. The highest BCUT2D eigenvalue weighted by atomic mass is 35.5. The lowest BCUT2D eigenvalue weighted by Crippen LogP contribution is -2.42. The van der Waals surface area contributed by atoms with E-state index in [-0.39, 0.29) is 46.1 Å². The second-order valence-electron chi connectivity index (χ2n) is 13.1. The number of carboxylic acid groups (broad SMARTS) is 1. The number of rotatable bonds is 12. The van der Waals surface area contributed by atoms with Gasteiger partial charge in [0.05, 0.1) is 22.6 Å². The summed E-state index contributed by atoms with van der Waals surface area (Å²) in [6.45, 7) is 9.97. The molecule has 4 aromatic rings. The van der Waals surface area contributed by atoms with Crippen LogP contribution in [0, 0.1) is 0 Å². The third-order valence-electron chi connectivity index (χ3n) is 6.64. The average Bonchev–Trinajstić information content (AvgIpc) is 3.41. The zero-order valence-electron chi connectivity index (χ0n) is 28.3. The van der Waals surface area contributed by atoms with E-state index >= 15 is 0 Å². The van der Waals surface area contributed by atoms with E-state index in [0.29, 0.717) is 16.7 Å². The molecule has 17 heteroatoms. The Hall–Kier alpha value is -4.44. The van der Waals surface area contributed by atoms with Crippen molar-refractivity contribution in [2.24, 2.45) is 0 Å². The third kappa shape index (κ3) is 10.1. The van der Waals surface area contributed by atoms with Crippen molar-refractivity contribution < 1.29 is 37.4 Å². The van der Waals surface area contributed by atoms with Crippen molar-refractivity contribution in [1.82, 2.24) is 20.1 Å². The molecule has 0 saturated heterocycles. The predicted octanol–water partition coefficient (Wildman–Crippen LogP) is 5.68. The van der Waals surface area contributed by atoms with E-state index in [1.54, 1.807) is 76.6 Å². The van der Waals surface area contributed by atoms with E-state index in [1.807, 2.05) is 0 Å². The number of sulfonamides is 1. The average molecular weight is 750 g/mol. The molecule has 0 aliphatic carbocycles. The molecule has 2 aromatic heterocycles. The van der Waals surface area contributed by atoms with E-state index in [9.17, 15) is 27.9 Å². The van der Waals surface area contributed by atoms with Crippen molar-refractivity contribution >= 4 is 73.7 Å². The Morgan fingerprint density at radius 1 is 0.900 bits per heavy atom. The summed E-state index contributed by atoms with van der Waals surface area (Å²) in [4.78, 5) is 38.0. The van der Waals surface area contributed by atoms with Gasteiger partial charge in [-0.2, -0.15) is 0 Å². The van der Waals surface area contributed by atoms with Crippen LogP contribution in [0.25, 0.3) is 16.7 Å². The van der Waals surface area contributed by atoms with Crippen LogP contribution in [-0.4, -0.2) is 83.7 Å². The molecule has 0 radical (unpaired) electrons. The summed E-state index contributed by atoms with van der Waals surface area (Å²) in [5, 5.41) is 21.9. The summed E-state index contributed by atoms with van der Waals surface area (Å²) in [7, 11) is -4.38. The van der Waals surface area contributed by atoms with Crippen molar-refractivity contribution in [2.45, 2.75) is 57.6 Å². The molecule has 0 bridgehead atoms. The van der Waals surface area contributed by atoms with Gasteiger partial charge in [-0.1, -0.05) is 23.2 Å².